The predicted molar refractivity (Wildman–Crippen MR) is 97.5 cm³/mol. The zero-order valence-electron chi connectivity index (χ0n) is 14.3. The van der Waals surface area contributed by atoms with Crippen molar-refractivity contribution in [2.45, 2.75) is 32.7 Å². The van der Waals surface area contributed by atoms with Crippen LogP contribution in [0.2, 0.25) is 0 Å². The van der Waals surface area contributed by atoms with Crippen LogP contribution in [0.1, 0.15) is 38.3 Å². The Morgan fingerprint density at radius 3 is 2.88 bits per heavy atom. The highest BCUT2D eigenvalue weighted by Crippen LogP contribution is 2.45. The number of Topliss-reactive ketones (excluding diaryl/α,β-unsaturated/α-hetero) is 1. The molecule has 7 heteroatoms. The third-order valence-corrected chi connectivity index (χ3v) is 5.39. The Balaban J connectivity index is 1.88. The number of anilines is 1. The van der Waals surface area contributed by atoms with Crippen molar-refractivity contribution in [3.8, 4) is 5.75 Å². The van der Waals surface area contributed by atoms with Gasteiger partial charge < -0.3 is 10.1 Å². The number of methoxy groups -OCH3 is 1. The standard InChI is InChI=1S/C18H19BrN4O2/c1-18(2)7-12-15(13(24)8-18)16(23-17(22-12)20-9-21-23)10-4-5-14(25-3)11(19)6-10/h4-6,9,16H,7-8H2,1-3H3,(H,20,21,22). The lowest BCUT2D eigenvalue weighted by molar-refractivity contribution is -0.118. The van der Waals surface area contributed by atoms with Crippen LogP contribution in [-0.2, 0) is 4.79 Å². The molecule has 0 spiro atoms. The third-order valence-electron chi connectivity index (χ3n) is 4.77. The summed E-state index contributed by atoms with van der Waals surface area (Å²) >= 11 is 3.54. The van der Waals surface area contributed by atoms with Crippen LogP contribution in [0.25, 0.3) is 0 Å². The molecule has 0 bridgehead atoms. The number of rotatable bonds is 2. The van der Waals surface area contributed by atoms with Gasteiger partial charge in [0.25, 0.3) is 0 Å². The van der Waals surface area contributed by atoms with E-state index >= 15 is 0 Å². The topological polar surface area (TPSA) is 69.0 Å². The molecule has 1 N–H and O–H groups in total. The van der Waals surface area contributed by atoms with Gasteiger partial charge in [0.05, 0.1) is 11.6 Å². The number of carbonyl (C=O) groups excluding carboxylic acids is 1. The minimum Gasteiger partial charge on any atom is -0.496 e. The molecule has 130 valence electrons. The average molecular weight is 403 g/mol. The van der Waals surface area contributed by atoms with Crippen LogP contribution in [0.5, 0.6) is 5.75 Å². The monoisotopic (exact) mass is 402 g/mol. The molecule has 1 unspecified atom stereocenters. The molecule has 2 heterocycles. The minimum absolute atomic E-state index is 0.0594. The molecule has 4 rings (SSSR count). The second-order valence-corrected chi connectivity index (χ2v) is 8.14. The Kier molecular flexibility index (Phi) is 3.72. The van der Waals surface area contributed by atoms with Crippen molar-refractivity contribution in [2.75, 3.05) is 12.4 Å². The number of ether oxygens (including phenoxy) is 1. The molecule has 0 radical (unpaired) electrons. The maximum absolute atomic E-state index is 13.0. The lowest BCUT2D eigenvalue weighted by atomic mass is 9.73. The van der Waals surface area contributed by atoms with Crippen LogP contribution in [0.3, 0.4) is 0 Å². The first-order valence-corrected chi connectivity index (χ1v) is 8.95. The summed E-state index contributed by atoms with van der Waals surface area (Å²) in [5, 5.41) is 7.67. The van der Waals surface area contributed by atoms with Gasteiger partial charge in [0.2, 0.25) is 5.95 Å². The van der Waals surface area contributed by atoms with E-state index in [1.807, 2.05) is 18.2 Å². The lowest BCUT2D eigenvalue weighted by Crippen LogP contribution is -2.36. The Morgan fingerprint density at radius 2 is 2.16 bits per heavy atom. The van der Waals surface area contributed by atoms with Gasteiger partial charge in [0.1, 0.15) is 18.1 Å². The number of benzene rings is 1. The number of fused-ring (bicyclic) bond motifs is 1. The fourth-order valence-electron chi connectivity index (χ4n) is 3.71. The minimum atomic E-state index is -0.278. The van der Waals surface area contributed by atoms with Gasteiger partial charge in [-0.25, -0.2) is 4.68 Å². The normalized spacial score (nSPS) is 21.4. The van der Waals surface area contributed by atoms with Crippen LogP contribution in [0, 0.1) is 5.41 Å². The number of halogens is 1. The van der Waals surface area contributed by atoms with Gasteiger partial charge in [-0.1, -0.05) is 19.9 Å². The number of hydrogen-bond acceptors (Lipinski definition) is 5. The van der Waals surface area contributed by atoms with E-state index in [2.05, 4.69) is 45.2 Å². The van der Waals surface area contributed by atoms with E-state index < -0.39 is 0 Å². The SMILES string of the molecule is COc1ccc(C2C3=C(CC(C)(C)CC3=O)Nc3ncnn32)cc1Br. The van der Waals surface area contributed by atoms with Gasteiger partial charge in [0.15, 0.2) is 5.78 Å². The van der Waals surface area contributed by atoms with Gasteiger partial charge in [-0.2, -0.15) is 10.1 Å². The van der Waals surface area contributed by atoms with E-state index in [9.17, 15) is 4.79 Å². The fourth-order valence-corrected chi connectivity index (χ4v) is 4.27. The number of carbonyl (C=O) groups is 1. The van der Waals surface area contributed by atoms with E-state index in [-0.39, 0.29) is 17.2 Å². The summed E-state index contributed by atoms with van der Waals surface area (Å²) in [6.45, 7) is 4.24. The Labute approximate surface area is 154 Å². The number of nitrogens with zero attached hydrogens (tertiary/aromatic N) is 3. The number of hydrogen-bond donors (Lipinski definition) is 1. The molecule has 25 heavy (non-hydrogen) atoms. The molecule has 2 aliphatic rings. The molecule has 0 amide bonds. The molecular weight excluding hydrogens is 384 g/mol. The van der Waals surface area contributed by atoms with E-state index in [0.717, 1.165) is 33.5 Å². The van der Waals surface area contributed by atoms with Crippen LogP contribution in [0.4, 0.5) is 5.95 Å². The van der Waals surface area contributed by atoms with Gasteiger partial charge >= 0.3 is 0 Å². The highest BCUT2D eigenvalue weighted by Gasteiger charge is 2.41. The Hall–Kier alpha value is -2.15. The largest absolute Gasteiger partial charge is 0.496 e. The highest BCUT2D eigenvalue weighted by atomic mass is 79.9. The van der Waals surface area contributed by atoms with Crippen LogP contribution in [-0.4, -0.2) is 27.7 Å². The molecule has 2 aromatic rings. The zero-order chi connectivity index (χ0) is 17.8. The van der Waals surface area contributed by atoms with Crippen molar-refractivity contribution in [1.82, 2.24) is 14.8 Å². The first-order valence-electron chi connectivity index (χ1n) is 8.16. The molecule has 0 saturated heterocycles. The van der Waals surface area contributed by atoms with Crippen molar-refractivity contribution in [2.24, 2.45) is 5.41 Å². The Morgan fingerprint density at radius 1 is 1.36 bits per heavy atom. The van der Waals surface area contributed by atoms with Crippen molar-refractivity contribution < 1.29 is 9.53 Å². The first-order chi connectivity index (χ1) is 11.9. The summed E-state index contributed by atoms with van der Waals surface area (Å²) in [5.74, 6) is 1.58. The summed E-state index contributed by atoms with van der Waals surface area (Å²) in [4.78, 5) is 17.3. The summed E-state index contributed by atoms with van der Waals surface area (Å²) in [6.07, 6.45) is 2.86. The number of nitrogens with one attached hydrogen (secondary N) is 1. The first kappa shape index (κ1) is 16.3. The number of allylic oxidation sites excluding steroid dienone is 2. The molecule has 1 atom stereocenters. The molecule has 1 aromatic heterocycles. The summed E-state index contributed by atoms with van der Waals surface area (Å²) < 4.78 is 7.95. The van der Waals surface area contributed by atoms with Gasteiger partial charge in [-0.3, -0.25) is 4.79 Å². The molecule has 0 fully saturated rings. The number of aromatic nitrogens is 3. The molecule has 6 nitrogen and oxygen atoms in total. The fraction of sp³-hybridized carbons (Fsp3) is 0.389. The molecule has 0 saturated carbocycles. The molecular formula is C18H19BrN4O2. The smallest absolute Gasteiger partial charge is 0.226 e. The summed E-state index contributed by atoms with van der Waals surface area (Å²) in [6, 6.07) is 5.58. The quantitative estimate of drug-likeness (QED) is 0.828. The average Bonchev–Trinajstić information content (AvgIpc) is 2.99. The van der Waals surface area contributed by atoms with Gasteiger partial charge in [-0.15, -0.1) is 0 Å². The molecule has 1 aliphatic carbocycles. The third kappa shape index (κ3) is 2.66. The molecule has 1 aliphatic heterocycles. The maximum atomic E-state index is 13.0. The van der Waals surface area contributed by atoms with E-state index in [1.165, 1.54) is 6.33 Å². The van der Waals surface area contributed by atoms with E-state index in [4.69, 9.17) is 4.74 Å². The predicted octanol–water partition coefficient (Wildman–Crippen LogP) is 3.71. The lowest BCUT2D eigenvalue weighted by Gasteiger charge is -2.38. The molecule has 1 aromatic carbocycles. The van der Waals surface area contributed by atoms with Crippen molar-refractivity contribution in [3.63, 3.8) is 0 Å². The summed E-state index contributed by atoms with van der Waals surface area (Å²) in [7, 11) is 1.63. The van der Waals surface area contributed by atoms with Crippen molar-refractivity contribution in [1.29, 1.82) is 0 Å². The van der Waals surface area contributed by atoms with E-state index in [0.29, 0.717) is 12.4 Å². The van der Waals surface area contributed by atoms with Crippen LogP contribution >= 0.6 is 15.9 Å². The summed E-state index contributed by atoms with van der Waals surface area (Å²) in [5.41, 5.74) is 2.66. The van der Waals surface area contributed by atoms with Crippen molar-refractivity contribution in [3.05, 3.63) is 45.8 Å². The maximum Gasteiger partial charge on any atom is 0.226 e. The second kappa shape index (κ2) is 5.69. The highest BCUT2D eigenvalue weighted by molar-refractivity contribution is 9.10. The van der Waals surface area contributed by atoms with Gasteiger partial charge in [0, 0.05) is 17.7 Å². The number of ketones is 1. The second-order valence-electron chi connectivity index (χ2n) is 7.28. The van der Waals surface area contributed by atoms with E-state index in [1.54, 1.807) is 11.8 Å². The Bertz CT molecular complexity index is 900. The zero-order valence-corrected chi connectivity index (χ0v) is 15.9. The van der Waals surface area contributed by atoms with Crippen molar-refractivity contribution >= 4 is 27.7 Å². The van der Waals surface area contributed by atoms with Gasteiger partial charge in [-0.05, 0) is 45.5 Å². The van der Waals surface area contributed by atoms with Crippen LogP contribution < -0.4 is 10.1 Å². The van der Waals surface area contributed by atoms with Crippen LogP contribution in [0.15, 0.2) is 40.3 Å².